The minimum absolute atomic E-state index is 0.145. The smallest absolute Gasteiger partial charge is 0.250 e. The van der Waals surface area contributed by atoms with Gasteiger partial charge in [0.05, 0.1) is 0 Å². The van der Waals surface area contributed by atoms with E-state index in [2.05, 4.69) is 43.0 Å². The van der Waals surface area contributed by atoms with Gasteiger partial charge in [-0.05, 0) is 12.0 Å². The number of carbonyl (C=O) groups is 1. The van der Waals surface area contributed by atoms with E-state index in [-0.39, 0.29) is 22.2 Å². The van der Waals surface area contributed by atoms with Gasteiger partial charge in [-0.25, -0.2) is 0 Å². The van der Waals surface area contributed by atoms with Gasteiger partial charge in [0.15, 0.2) is 5.82 Å². The molecule has 6 heteroatoms. The van der Waals surface area contributed by atoms with Gasteiger partial charge in [0, 0.05) is 17.6 Å². The fourth-order valence-corrected chi connectivity index (χ4v) is 5.14. The fourth-order valence-electron chi connectivity index (χ4n) is 3.50. The van der Waals surface area contributed by atoms with E-state index >= 15 is 0 Å². The van der Waals surface area contributed by atoms with Crippen LogP contribution in [0.15, 0.2) is 34.9 Å². The van der Waals surface area contributed by atoms with E-state index in [1.165, 1.54) is 5.56 Å². The Morgan fingerprint density at radius 2 is 2.04 bits per heavy atom. The predicted octanol–water partition coefficient (Wildman–Crippen LogP) is 3.63. The number of nitrogens with zero attached hydrogens (tertiary/aromatic N) is 3. The summed E-state index contributed by atoms with van der Waals surface area (Å²) < 4.78 is 5.54. The van der Waals surface area contributed by atoms with Crippen molar-refractivity contribution in [2.45, 2.75) is 49.9 Å². The van der Waals surface area contributed by atoms with Gasteiger partial charge in [-0.3, -0.25) is 4.79 Å². The fraction of sp³-hybridized carbons (Fsp3) is 0.500. The van der Waals surface area contributed by atoms with E-state index in [0.29, 0.717) is 18.1 Å². The maximum absolute atomic E-state index is 12.6. The first-order chi connectivity index (χ1) is 11.4. The van der Waals surface area contributed by atoms with Gasteiger partial charge in [0.2, 0.25) is 11.8 Å². The van der Waals surface area contributed by atoms with Gasteiger partial charge in [0.25, 0.3) is 0 Å². The number of carbonyl (C=O) groups excluding carboxylic acids is 1. The van der Waals surface area contributed by atoms with Gasteiger partial charge in [-0.1, -0.05) is 56.3 Å². The van der Waals surface area contributed by atoms with Crippen LogP contribution in [0.5, 0.6) is 0 Å². The van der Waals surface area contributed by atoms with E-state index in [1.807, 2.05) is 34.9 Å². The molecule has 1 aromatic carbocycles. The van der Waals surface area contributed by atoms with Crippen molar-refractivity contribution in [3.05, 3.63) is 47.6 Å². The van der Waals surface area contributed by atoms with Gasteiger partial charge < -0.3 is 9.42 Å². The van der Waals surface area contributed by atoms with Crippen LogP contribution in [0.4, 0.5) is 0 Å². The Morgan fingerprint density at radius 3 is 2.71 bits per heavy atom. The minimum Gasteiger partial charge on any atom is -0.337 e. The number of hydrogen-bond donors (Lipinski definition) is 0. The molecule has 0 saturated carbocycles. The molecule has 0 N–H and O–H groups in total. The zero-order chi connectivity index (χ0) is 16.9. The van der Waals surface area contributed by atoms with E-state index in [0.717, 1.165) is 12.2 Å². The van der Waals surface area contributed by atoms with Crippen molar-refractivity contribution in [3.8, 4) is 0 Å². The molecular formula is C18H21N3O2S. The number of fused-ring (bicyclic) bond motifs is 1. The Kier molecular flexibility index (Phi) is 3.49. The molecule has 2 aliphatic heterocycles. The third kappa shape index (κ3) is 2.27. The summed E-state index contributed by atoms with van der Waals surface area (Å²) in [6, 6.07) is 10.1. The molecule has 2 saturated heterocycles. The van der Waals surface area contributed by atoms with Crippen molar-refractivity contribution in [1.29, 1.82) is 0 Å². The van der Waals surface area contributed by atoms with Crippen LogP contribution in [-0.4, -0.2) is 26.7 Å². The van der Waals surface area contributed by atoms with Crippen LogP contribution < -0.4 is 0 Å². The molecule has 0 spiro atoms. The van der Waals surface area contributed by atoms with Crippen molar-refractivity contribution < 1.29 is 9.32 Å². The Morgan fingerprint density at radius 1 is 1.29 bits per heavy atom. The number of rotatable bonds is 2. The summed E-state index contributed by atoms with van der Waals surface area (Å²) in [5.41, 5.74) is 1.01. The van der Waals surface area contributed by atoms with Gasteiger partial charge in [0.1, 0.15) is 10.9 Å². The summed E-state index contributed by atoms with van der Waals surface area (Å²) >= 11 is 1.81. The van der Waals surface area contributed by atoms with Crippen molar-refractivity contribution in [2.75, 3.05) is 5.75 Å². The highest BCUT2D eigenvalue weighted by Gasteiger charge is 2.56. The molecule has 0 unspecified atom stereocenters. The second-order valence-electron chi connectivity index (χ2n) is 7.45. The maximum atomic E-state index is 12.6. The third-order valence-electron chi connectivity index (χ3n) is 4.75. The van der Waals surface area contributed by atoms with Crippen LogP contribution >= 0.6 is 11.8 Å². The average molecular weight is 343 g/mol. The van der Waals surface area contributed by atoms with E-state index in [4.69, 9.17) is 4.52 Å². The molecular weight excluding hydrogens is 322 g/mol. The van der Waals surface area contributed by atoms with Crippen LogP contribution in [0.25, 0.3) is 0 Å². The Balaban J connectivity index is 1.72. The lowest BCUT2D eigenvalue weighted by atomic mass is 9.96. The number of hydrogen-bond acceptors (Lipinski definition) is 5. The summed E-state index contributed by atoms with van der Waals surface area (Å²) in [5, 5.41) is 4.13. The molecule has 2 aliphatic rings. The van der Waals surface area contributed by atoms with Crippen LogP contribution in [0, 0.1) is 0 Å². The molecule has 24 heavy (non-hydrogen) atoms. The maximum Gasteiger partial charge on any atom is 0.250 e. The Hall–Kier alpha value is -1.82. The number of thioether (sulfide) groups is 1. The van der Waals surface area contributed by atoms with E-state index < -0.39 is 0 Å². The second kappa shape index (κ2) is 5.34. The number of aromatic nitrogens is 2. The molecule has 3 heterocycles. The molecule has 1 amide bonds. The predicted molar refractivity (Wildman–Crippen MR) is 92.4 cm³/mol. The third-order valence-corrected chi connectivity index (χ3v) is 6.35. The van der Waals surface area contributed by atoms with Crippen LogP contribution in [0.1, 0.15) is 56.9 Å². The summed E-state index contributed by atoms with van der Waals surface area (Å²) in [5.74, 6) is 2.20. The largest absolute Gasteiger partial charge is 0.337 e. The van der Waals surface area contributed by atoms with Gasteiger partial charge >= 0.3 is 0 Å². The summed E-state index contributed by atoms with van der Waals surface area (Å²) in [4.78, 5) is 18.9. The number of amides is 1. The quantitative estimate of drug-likeness (QED) is 0.833. The highest BCUT2D eigenvalue weighted by molar-refractivity contribution is 8.00. The molecule has 0 radical (unpaired) electrons. The topological polar surface area (TPSA) is 59.2 Å². The summed E-state index contributed by atoms with van der Waals surface area (Å²) in [7, 11) is 0. The molecule has 0 bridgehead atoms. The Bertz CT molecular complexity index is 768. The normalized spacial score (nSPS) is 26.9. The highest BCUT2D eigenvalue weighted by Crippen LogP contribution is 2.58. The molecule has 126 valence electrons. The standard InChI is InChI=1S/C18H21N3O2S/c1-17(2,3)16-19-15(23-20-16)13-11-24-18(10-9-14(22)21(13)18)12-7-5-4-6-8-12/h4-8,13H,9-11H2,1-3H3/t13-,18+/m0/s1. The average Bonchev–Trinajstić information content (AvgIpc) is 3.24. The highest BCUT2D eigenvalue weighted by atomic mass is 32.2. The summed E-state index contributed by atoms with van der Waals surface area (Å²) in [6.07, 6.45) is 1.40. The molecule has 4 rings (SSSR count). The van der Waals surface area contributed by atoms with Crippen LogP contribution in [-0.2, 0) is 15.1 Å². The van der Waals surface area contributed by atoms with Crippen molar-refractivity contribution in [1.82, 2.24) is 15.0 Å². The van der Waals surface area contributed by atoms with Crippen LogP contribution in [0.2, 0.25) is 0 Å². The first-order valence-electron chi connectivity index (χ1n) is 8.27. The van der Waals surface area contributed by atoms with Gasteiger partial charge in [-0.15, -0.1) is 11.8 Å². The lowest BCUT2D eigenvalue weighted by Crippen LogP contribution is -2.38. The number of benzene rings is 1. The molecule has 5 nitrogen and oxygen atoms in total. The SMILES string of the molecule is CC(C)(C)c1noc([C@@H]2CS[C@@]3(c4ccccc4)CCC(=O)N23)n1. The monoisotopic (exact) mass is 343 g/mol. The van der Waals surface area contributed by atoms with E-state index in [1.54, 1.807) is 0 Å². The van der Waals surface area contributed by atoms with Crippen molar-refractivity contribution in [3.63, 3.8) is 0 Å². The second-order valence-corrected chi connectivity index (χ2v) is 8.74. The zero-order valence-corrected chi connectivity index (χ0v) is 15.0. The zero-order valence-electron chi connectivity index (χ0n) is 14.2. The van der Waals surface area contributed by atoms with Gasteiger partial charge in [-0.2, -0.15) is 4.98 Å². The van der Waals surface area contributed by atoms with Crippen molar-refractivity contribution in [2.24, 2.45) is 0 Å². The van der Waals surface area contributed by atoms with Crippen molar-refractivity contribution >= 4 is 17.7 Å². The molecule has 0 aliphatic carbocycles. The lowest BCUT2D eigenvalue weighted by Gasteiger charge is -2.33. The molecule has 2 aromatic rings. The molecule has 2 fully saturated rings. The summed E-state index contributed by atoms with van der Waals surface area (Å²) in [6.45, 7) is 6.17. The van der Waals surface area contributed by atoms with Crippen LogP contribution in [0.3, 0.4) is 0 Å². The molecule has 2 atom stereocenters. The Labute approximate surface area is 145 Å². The molecule has 1 aromatic heterocycles. The van der Waals surface area contributed by atoms with E-state index in [9.17, 15) is 4.79 Å². The minimum atomic E-state index is -0.292. The lowest BCUT2D eigenvalue weighted by molar-refractivity contribution is -0.131. The first kappa shape index (κ1) is 15.7. The first-order valence-corrected chi connectivity index (χ1v) is 9.26.